The molecule has 8 aliphatic rings. The molecule has 55 heavy (non-hydrogen) atoms. The molecule has 5 aliphatic carbocycles. The number of rotatable bonds is 8. The number of carbonyl (C=O) groups is 1. The van der Waals surface area contributed by atoms with E-state index in [9.17, 15) is 15.0 Å². The van der Waals surface area contributed by atoms with Crippen molar-refractivity contribution in [1.82, 2.24) is 9.80 Å². The van der Waals surface area contributed by atoms with Crippen molar-refractivity contribution in [3.63, 3.8) is 0 Å². The Labute approximate surface area is 332 Å². The summed E-state index contributed by atoms with van der Waals surface area (Å²) in [7, 11) is 0. The van der Waals surface area contributed by atoms with Gasteiger partial charge >= 0.3 is 6.09 Å². The minimum atomic E-state index is -1.03. The van der Waals surface area contributed by atoms with Gasteiger partial charge in [-0.2, -0.15) is 0 Å². The number of hydrogen-bond donors (Lipinski definition) is 2. The second kappa shape index (κ2) is 13.5. The maximum Gasteiger partial charge on any atom is 0.410 e. The summed E-state index contributed by atoms with van der Waals surface area (Å²) in [5.41, 5.74) is -1.10. The van der Waals surface area contributed by atoms with Crippen LogP contribution in [0, 0.1) is 56.7 Å². The van der Waals surface area contributed by atoms with Crippen molar-refractivity contribution in [2.24, 2.45) is 56.7 Å². The highest BCUT2D eigenvalue weighted by Gasteiger charge is 2.84. The predicted octanol–water partition coefficient (Wildman–Crippen LogP) is 6.89. The second-order valence-corrected chi connectivity index (χ2v) is 22.5. The Morgan fingerprint density at radius 1 is 0.964 bits per heavy atom. The van der Waals surface area contributed by atoms with Crippen LogP contribution in [0.4, 0.5) is 4.79 Å². The third kappa shape index (κ3) is 6.21. The number of amides is 1. The smallest absolute Gasteiger partial charge is 0.410 e. The van der Waals surface area contributed by atoms with Crippen LogP contribution < -0.4 is 0 Å². The Balaban J connectivity index is 0.929. The van der Waals surface area contributed by atoms with E-state index >= 15 is 0 Å². The molecule has 0 bridgehead atoms. The number of ether oxygens (including phenoxy) is 5. The highest BCUT2D eigenvalue weighted by atomic mass is 16.7. The Morgan fingerprint density at radius 2 is 1.65 bits per heavy atom. The lowest BCUT2D eigenvalue weighted by Gasteiger charge is -2.64. The van der Waals surface area contributed by atoms with Crippen molar-refractivity contribution in [3.05, 3.63) is 0 Å². The van der Waals surface area contributed by atoms with E-state index in [0.717, 1.165) is 58.4 Å². The molecule has 3 aliphatic heterocycles. The summed E-state index contributed by atoms with van der Waals surface area (Å²) in [4.78, 5) is 16.8. The van der Waals surface area contributed by atoms with Gasteiger partial charge in [-0.3, -0.25) is 4.90 Å². The second-order valence-electron chi connectivity index (χ2n) is 22.5. The highest BCUT2D eigenvalue weighted by Crippen LogP contribution is 2.89. The van der Waals surface area contributed by atoms with Crippen LogP contribution in [0.3, 0.4) is 0 Å². The Morgan fingerprint density at radius 3 is 2.33 bits per heavy atom. The number of morpholine rings is 1. The third-order valence-corrected chi connectivity index (χ3v) is 17.7. The molecule has 10 nitrogen and oxygen atoms in total. The topological polar surface area (TPSA) is 110 Å². The van der Waals surface area contributed by atoms with Crippen LogP contribution in [0.1, 0.15) is 128 Å². The Kier molecular flexibility index (Phi) is 10.0. The van der Waals surface area contributed by atoms with Crippen LogP contribution in [0.2, 0.25) is 0 Å². The number of likely N-dealkylation sites (tertiary alicyclic amines) is 1. The molecular weight excluding hydrogens is 697 g/mol. The summed E-state index contributed by atoms with van der Waals surface area (Å²) < 4.78 is 32.0. The molecule has 3 heterocycles. The van der Waals surface area contributed by atoms with E-state index in [-0.39, 0.29) is 52.4 Å². The van der Waals surface area contributed by atoms with Gasteiger partial charge in [-0.05, 0) is 138 Å². The van der Waals surface area contributed by atoms with Crippen molar-refractivity contribution in [3.8, 4) is 0 Å². The summed E-state index contributed by atoms with van der Waals surface area (Å²) in [5.74, 6) is 2.19. The molecule has 8 fully saturated rings. The zero-order chi connectivity index (χ0) is 39.7. The fourth-order valence-electron chi connectivity index (χ4n) is 15.3. The summed E-state index contributed by atoms with van der Waals surface area (Å²) in [6, 6.07) is 0. The molecular formula is C45H76N2O8. The molecule has 0 aromatic heterocycles. The van der Waals surface area contributed by atoms with E-state index < -0.39 is 23.4 Å². The molecule has 14 atom stereocenters. The number of aliphatic hydroxyl groups excluding tert-OH is 1. The van der Waals surface area contributed by atoms with E-state index in [1.165, 1.54) is 25.7 Å². The van der Waals surface area contributed by atoms with E-state index in [4.69, 9.17) is 23.7 Å². The quantitative estimate of drug-likeness (QED) is 0.273. The molecule has 0 aromatic rings. The first kappa shape index (κ1) is 40.8. The molecule has 5 saturated carbocycles. The first-order chi connectivity index (χ1) is 25.6. The van der Waals surface area contributed by atoms with Crippen molar-refractivity contribution in [2.75, 3.05) is 45.9 Å². The van der Waals surface area contributed by atoms with E-state index in [0.29, 0.717) is 48.2 Å². The van der Waals surface area contributed by atoms with Gasteiger partial charge in [0.25, 0.3) is 0 Å². The van der Waals surface area contributed by atoms with Crippen LogP contribution >= 0.6 is 0 Å². The fraction of sp³-hybridized carbons (Fsp3) is 0.978. The molecule has 1 unspecified atom stereocenters. The first-order valence-electron chi connectivity index (χ1n) is 22.3. The van der Waals surface area contributed by atoms with E-state index in [1.54, 1.807) is 0 Å². The zero-order valence-corrected chi connectivity index (χ0v) is 36.2. The van der Waals surface area contributed by atoms with E-state index in [1.807, 2.05) is 46.4 Å². The van der Waals surface area contributed by atoms with Gasteiger partial charge in [0.15, 0.2) is 6.29 Å². The monoisotopic (exact) mass is 773 g/mol. The van der Waals surface area contributed by atoms with Gasteiger partial charge in [0.05, 0.1) is 36.6 Å². The number of nitrogens with zero attached hydrogens (tertiary/aromatic N) is 2. The molecule has 8 rings (SSSR count). The summed E-state index contributed by atoms with van der Waals surface area (Å²) in [6.07, 6.45) is 7.43. The average molecular weight is 773 g/mol. The standard InChI is InChI=1S/C45H76N2O8/c1-12-51-37(41(8,9)50)29-21-27(2)34-35(53-29)36(48)43(11)31-14-13-30-40(6,7)32(15-16-44(30)26-45(31,44)18-17-42(34,43)10)54-33-25-46(19-20-52-33)22-28-23-47(24-28)38(49)55-39(3,4)5/h27-37,48,50H,12-26H2,1-11H3/t27-,29-,30+,31+,32+,33+,34?,35+,36+,37+,42-,43-,44-,45+/m1/s1. The van der Waals surface area contributed by atoms with Crippen molar-refractivity contribution >= 4 is 6.09 Å². The van der Waals surface area contributed by atoms with Crippen LogP contribution in [0.5, 0.6) is 0 Å². The van der Waals surface area contributed by atoms with Crippen LogP contribution in [-0.4, -0.2) is 120 Å². The van der Waals surface area contributed by atoms with Crippen molar-refractivity contribution in [1.29, 1.82) is 0 Å². The van der Waals surface area contributed by atoms with Gasteiger partial charge in [-0.25, -0.2) is 4.79 Å². The molecule has 314 valence electrons. The van der Waals surface area contributed by atoms with E-state index in [2.05, 4.69) is 39.5 Å². The molecule has 2 N–H and O–H groups in total. The van der Waals surface area contributed by atoms with Gasteiger partial charge in [-0.15, -0.1) is 0 Å². The maximum atomic E-state index is 12.7. The number of carbonyl (C=O) groups excluding carboxylic acids is 1. The lowest BCUT2D eigenvalue weighted by atomic mass is 9.41. The Hall–Kier alpha value is -1.01. The van der Waals surface area contributed by atoms with Crippen molar-refractivity contribution < 1.29 is 38.7 Å². The normalized spacial score (nSPS) is 47.4. The van der Waals surface area contributed by atoms with Crippen LogP contribution in [0.15, 0.2) is 0 Å². The van der Waals surface area contributed by atoms with Gasteiger partial charge in [0.2, 0.25) is 0 Å². The number of fused-ring (bicyclic) bond motifs is 4. The fourth-order valence-corrected chi connectivity index (χ4v) is 15.3. The average Bonchev–Trinajstić information content (AvgIpc) is 3.70. The lowest BCUT2D eigenvalue weighted by molar-refractivity contribution is -0.249. The van der Waals surface area contributed by atoms with Crippen LogP contribution in [0.25, 0.3) is 0 Å². The van der Waals surface area contributed by atoms with Crippen molar-refractivity contribution in [2.45, 2.75) is 176 Å². The molecule has 1 amide bonds. The summed E-state index contributed by atoms with van der Waals surface area (Å²) in [5, 5.41) is 23.8. The minimum absolute atomic E-state index is 0.00261. The highest BCUT2D eigenvalue weighted by molar-refractivity contribution is 5.69. The van der Waals surface area contributed by atoms with Gasteiger partial charge < -0.3 is 38.8 Å². The Bertz CT molecular complexity index is 1450. The van der Waals surface area contributed by atoms with Gasteiger partial charge in [0, 0.05) is 50.7 Å². The van der Waals surface area contributed by atoms with Gasteiger partial charge in [-0.1, -0.05) is 34.6 Å². The maximum absolute atomic E-state index is 12.7. The molecule has 3 saturated heterocycles. The van der Waals surface area contributed by atoms with Crippen LogP contribution in [-0.2, 0) is 23.7 Å². The molecule has 10 heteroatoms. The third-order valence-electron chi connectivity index (χ3n) is 17.7. The van der Waals surface area contributed by atoms with Gasteiger partial charge in [0.1, 0.15) is 11.7 Å². The largest absolute Gasteiger partial charge is 0.444 e. The molecule has 0 radical (unpaired) electrons. The SMILES string of the molecule is CCO[C@@H]([C@H]1C[C@@H](C)C2[C@H](O1)[C@H](O)[C@@]1(C)[C@@H]3CC[C@H]4C(C)(C)[C@@H](O[C@H]5CN(CC6CN(C(=O)OC(C)(C)C)C6)CCO5)CC[C@@]45C[C@@]35CC[C@]21C)C(C)(C)O. The lowest BCUT2D eigenvalue weighted by Crippen LogP contribution is -2.60. The minimum Gasteiger partial charge on any atom is -0.444 e. The zero-order valence-electron chi connectivity index (χ0n) is 36.2. The number of aliphatic hydroxyl groups is 2. The summed E-state index contributed by atoms with van der Waals surface area (Å²) in [6.45, 7) is 29.0. The molecule has 0 aromatic carbocycles. The first-order valence-corrected chi connectivity index (χ1v) is 22.3. The number of hydrogen-bond acceptors (Lipinski definition) is 9. The molecule has 2 spiro atoms. The predicted molar refractivity (Wildman–Crippen MR) is 210 cm³/mol. The summed E-state index contributed by atoms with van der Waals surface area (Å²) >= 11 is 0.